The van der Waals surface area contributed by atoms with Crippen LogP contribution in [-0.4, -0.2) is 6.54 Å². The lowest BCUT2D eigenvalue weighted by molar-refractivity contribution is 0.381. The molecule has 0 saturated heterocycles. The topological polar surface area (TPSA) is 12.0 Å². The predicted octanol–water partition coefficient (Wildman–Crippen LogP) is 4.86. The van der Waals surface area contributed by atoms with Crippen molar-refractivity contribution in [1.29, 1.82) is 0 Å². The zero-order chi connectivity index (χ0) is 14.9. The largest absolute Gasteiger partial charge is 0.380 e. The minimum atomic E-state index is -2.16. The minimum Gasteiger partial charge on any atom is -0.380 e. The van der Waals surface area contributed by atoms with E-state index >= 15 is 0 Å². The molecule has 0 unspecified atom stereocenters. The molecule has 2 rings (SSSR count). The van der Waals surface area contributed by atoms with Crippen molar-refractivity contribution in [3.05, 3.63) is 49.9 Å². The lowest BCUT2D eigenvalue weighted by Crippen LogP contribution is -2.12. The van der Waals surface area contributed by atoms with Gasteiger partial charge in [0.05, 0.1) is 3.79 Å². The van der Waals surface area contributed by atoms with Crippen molar-refractivity contribution in [3.8, 4) is 0 Å². The lowest BCUT2D eigenvalue weighted by Gasteiger charge is -2.10. The van der Waals surface area contributed by atoms with Crippen LogP contribution in [0, 0.1) is 29.1 Å². The Hall–Kier alpha value is -1.15. The summed E-state index contributed by atoms with van der Waals surface area (Å²) in [4.78, 5) is 0.910. The Kier molecular flexibility index (Phi) is 4.64. The van der Waals surface area contributed by atoms with E-state index in [0.29, 0.717) is 6.42 Å². The van der Waals surface area contributed by atoms with Crippen molar-refractivity contribution in [2.75, 3.05) is 11.9 Å². The number of rotatable bonds is 4. The summed E-state index contributed by atoms with van der Waals surface area (Å²) in [6.07, 6.45) is 0.399. The lowest BCUT2D eigenvalue weighted by atomic mass is 10.2. The first kappa shape index (κ1) is 15.2. The summed E-state index contributed by atoms with van der Waals surface area (Å²) in [6.45, 7) is 0.0469. The quantitative estimate of drug-likeness (QED) is 0.459. The van der Waals surface area contributed by atoms with Crippen molar-refractivity contribution in [2.24, 2.45) is 0 Å². The Bertz CT molecular complexity index is 614. The van der Waals surface area contributed by atoms with E-state index in [0.717, 1.165) is 8.66 Å². The van der Waals surface area contributed by atoms with Crippen LogP contribution in [0.2, 0.25) is 0 Å². The van der Waals surface area contributed by atoms with E-state index in [9.17, 15) is 22.0 Å². The van der Waals surface area contributed by atoms with Crippen LogP contribution in [0.25, 0.3) is 0 Å². The van der Waals surface area contributed by atoms with Crippen LogP contribution < -0.4 is 5.32 Å². The molecule has 0 radical (unpaired) electrons. The maximum Gasteiger partial charge on any atom is 0.200 e. The third-order valence-corrected chi connectivity index (χ3v) is 4.20. The monoisotopic (exact) mass is 371 g/mol. The van der Waals surface area contributed by atoms with E-state index in [1.807, 2.05) is 0 Å². The molecule has 0 aliphatic carbocycles. The van der Waals surface area contributed by atoms with Crippen LogP contribution >= 0.6 is 27.3 Å². The summed E-state index contributed by atoms with van der Waals surface area (Å²) >= 11 is 4.68. The molecular weight excluding hydrogens is 365 g/mol. The molecule has 1 aromatic carbocycles. The highest BCUT2D eigenvalue weighted by Gasteiger charge is 2.25. The Morgan fingerprint density at radius 2 is 1.45 bits per heavy atom. The van der Waals surface area contributed by atoms with Crippen molar-refractivity contribution < 1.29 is 22.0 Å². The molecule has 8 heteroatoms. The van der Waals surface area contributed by atoms with Crippen molar-refractivity contribution in [2.45, 2.75) is 6.42 Å². The van der Waals surface area contributed by atoms with Crippen LogP contribution in [0.1, 0.15) is 4.88 Å². The van der Waals surface area contributed by atoms with Crippen molar-refractivity contribution in [3.63, 3.8) is 0 Å². The molecule has 0 fully saturated rings. The summed E-state index contributed by atoms with van der Waals surface area (Å²) in [7, 11) is 0. The minimum absolute atomic E-state index is 0.0469. The van der Waals surface area contributed by atoms with E-state index in [1.165, 1.54) is 11.3 Å². The number of hydrogen-bond donors (Lipinski definition) is 1. The highest BCUT2D eigenvalue weighted by Crippen LogP contribution is 2.27. The predicted molar refractivity (Wildman–Crippen MR) is 70.4 cm³/mol. The van der Waals surface area contributed by atoms with E-state index in [1.54, 1.807) is 12.1 Å². The molecule has 0 saturated carbocycles. The van der Waals surface area contributed by atoms with Gasteiger partial charge in [0.25, 0.3) is 0 Å². The van der Waals surface area contributed by atoms with E-state index in [2.05, 4.69) is 21.2 Å². The van der Waals surface area contributed by atoms with Gasteiger partial charge in [0.2, 0.25) is 5.82 Å². The number of nitrogens with one attached hydrogen (secondary N) is 1. The zero-order valence-electron chi connectivity index (χ0n) is 9.74. The Morgan fingerprint density at radius 3 is 1.95 bits per heavy atom. The normalized spacial score (nSPS) is 10.9. The van der Waals surface area contributed by atoms with Gasteiger partial charge < -0.3 is 5.32 Å². The molecule has 1 heterocycles. The fourth-order valence-corrected chi connectivity index (χ4v) is 3.04. The van der Waals surface area contributed by atoms with Gasteiger partial charge in [-0.3, -0.25) is 0 Å². The Labute approximate surface area is 123 Å². The number of benzene rings is 1. The Balaban J connectivity index is 2.13. The molecule has 1 aromatic heterocycles. The van der Waals surface area contributed by atoms with Crippen LogP contribution in [0.4, 0.5) is 27.6 Å². The number of anilines is 1. The maximum absolute atomic E-state index is 13.3. The van der Waals surface area contributed by atoms with Gasteiger partial charge in [0.15, 0.2) is 23.3 Å². The molecule has 20 heavy (non-hydrogen) atoms. The summed E-state index contributed by atoms with van der Waals surface area (Å²) in [5.41, 5.74) is -1.00. The third-order valence-electron chi connectivity index (χ3n) is 2.51. The molecule has 0 amide bonds. The first-order valence-electron chi connectivity index (χ1n) is 5.41. The van der Waals surface area contributed by atoms with E-state index in [-0.39, 0.29) is 6.54 Å². The number of hydrogen-bond acceptors (Lipinski definition) is 2. The fourth-order valence-electron chi connectivity index (χ4n) is 1.56. The van der Waals surface area contributed by atoms with Crippen LogP contribution in [-0.2, 0) is 6.42 Å². The third kappa shape index (κ3) is 2.95. The number of halogens is 6. The molecule has 0 spiro atoms. The number of thiophene rings is 1. The van der Waals surface area contributed by atoms with Gasteiger partial charge in [0.1, 0.15) is 5.69 Å². The SMILES string of the molecule is Fc1c(F)c(F)c(NCCc2ccc(Br)s2)c(F)c1F. The average Bonchev–Trinajstić information content (AvgIpc) is 2.84. The van der Waals surface area contributed by atoms with Crippen molar-refractivity contribution in [1.82, 2.24) is 0 Å². The van der Waals surface area contributed by atoms with Gasteiger partial charge >= 0.3 is 0 Å². The van der Waals surface area contributed by atoms with Gasteiger partial charge in [-0.15, -0.1) is 11.3 Å². The summed E-state index contributed by atoms with van der Waals surface area (Å²) < 4.78 is 66.3. The Morgan fingerprint density at radius 1 is 0.900 bits per heavy atom. The molecule has 0 aliphatic heterocycles. The maximum atomic E-state index is 13.3. The van der Waals surface area contributed by atoms with Gasteiger partial charge in [-0.05, 0) is 34.5 Å². The van der Waals surface area contributed by atoms with Crippen LogP contribution in [0.5, 0.6) is 0 Å². The summed E-state index contributed by atoms with van der Waals surface area (Å²) in [6, 6.07) is 3.60. The van der Waals surface area contributed by atoms with Gasteiger partial charge in [-0.25, -0.2) is 22.0 Å². The summed E-state index contributed by atoms with van der Waals surface area (Å²) in [5.74, 6) is -9.77. The molecule has 2 aromatic rings. The molecule has 108 valence electrons. The smallest absolute Gasteiger partial charge is 0.200 e. The van der Waals surface area contributed by atoms with Gasteiger partial charge in [-0.2, -0.15) is 0 Å². The van der Waals surface area contributed by atoms with Gasteiger partial charge in [0, 0.05) is 11.4 Å². The first-order valence-corrected chi connectivity index (χ1v) is 7.02. The highest BCUT2D eigenvalue weighted by atomic mass is 79.9. The zero-order valence-corrected chi connectivity index (χ0v) is 12.1. The second kappa shape index (κ2) is 6.09. The highest BCUT2D eigenvalue weighted by molar-refractivity contribution is 9.11. The molecule has 0 bridgehead atoms. The molecule has 0 aliphatic rings. The average molecular weight is 372 g/mol. The van der Waals surface area contributed by atoms with Crippen LogP contribution in [0.15, 0.2) is 15.9 Å². The second-order valence-corrected chi connectivity index (χ2v) is 6.38. The first-order chi connectivity index (χ1) is 9.41. The standard InChI is InChI=1S/C12H7BrF5NS/c13-6-2-1-5(20-6)3-4-19-12-10(17)8(15)7(14)9(16)11(12)18/h1-2,19H,3-4H2. The fraction of sp³-hybridized carbons (Fsp3) is 0.167. The van der Waals surface area contributed by atoms with Gasteiger partial charge in [-0.1, -0.05) is 0 Å². The van der Waals surface area contributed by atoms with E-state index in [4.69, 9.17) is 0 Å². The van der Waals surface area contributed by atoms with E-state index < -0.39 is 34.8 Å². The van der Waals surface area contributed by atoms with Crippen molar-refractivity contribution >= 4 is 33.0 Å². The molecular formula is C12H7BrF5NS. The molecule has 1 nitrogen and oxygen atoms in total. The molecule has 0 atom stereocenters. The molecule has 1 N–H and O–H groups in total. The van der Waals surface area contributed by atoms with Crippen LogP contribution in [0.3, 0.4) is 0 Å². The summed E-state index contributed by atoms with van der Waals surface area (Å²) in [5, 5.41) is 2.24. The second-order valence-electron chi connectivity index (χ2n) is 3.83.